The van der Waals surface area contributed by atoms with Crippen LogP contribution in [0.2, 0.25) is 0 Å². The zero-order chi connectivity index (χ0) is 12.2. The first kappa shape index (κ1) is 13.4. The fourth-order valence-corrected chi connectivity index (χ4v) is 1.79. The molecule has 0 bridgehead atoms. The first-order valence-corrected chi connectivity index (χ1v) is 5.34. The number of carbonyl (C=O) groups excluding carboxylic acids is 1. The number of hydrogen-bond acceptors (Lipinski definition) is 6. The standard InChI is InChI=1S/C10H20N2O4/c1-10(14,9(13)15-2)7-12-3-4-16-8(5-11)6-12/h8,14H,3-7,11H2,1-2H3. The van der Waals surface area contributed by atoms with Crippen LogP contribution in [0, 0.1) is 0 Å². The maximum atomic E-state index is 11.3. The molecule has 0 saturated carbocycles. The van der Waals surface area contributed by atoms with Crippen molar-refractivity contribution in [3.05, 3.63) is 0 Å². The molecule has 0 amide bonds. The maximum Gasteiger partial charge on any atom is 0.338 e. The molecule has 3 N–H and O–H groups in total. The van der Waals surface area contributed by atoms with Crippen molar-refractivity contribution >= 4 is 5.97 Å². The third-order valence-electron chi connectivity index (χ3n) is 2.64. The van der Waals surface area contributed by atoms with E-state index in [1.54, 1.807) is 0 Å². The van der Waals surface area contributed by atoms with Crippen LogP contribution < -0.4 is 5.73 Å². The summed E-state index contributed by atoms with van der Waals surface area (Å²) in [6.07, 6.45) is -0.0257. The van der Waals surface area contributed by atoms with Gasteiger partial charge in [-0.05, 0) is 6.92 Å². The van der Waals surface area contributed by atoms with Crippen molar-refractivity contribution in [3.8, 4) is 0 Å². The zero-order valence-corrected chi connectivity index (χ0v) is 9.81. The molecule has 2 unspecified atom stereocenters. The Morgan fingerprint density at radius 1 is 1.75 bits per heavy atom. The van der Waals surface area contributed by atoms with Crippen molar-refractivity contribution in [2.24, 2.45) is 5.73 Å². The van der Waals surface area contributed by atoms with E-state index in [9.17, 15) is 9.90 Å². The van der Waals surface area contributed by atoms with Crippen LogP contribution in [0.25, 0.3) is 0 Å². The molecule has 0 radical (unpaired) electrons. The van der Waals surface area contributed by atoms with Crippen LogP contribution in [-0.2, 0) is 14.3 Å². The number of nitrogens with two attached hydrogens (primary N) is 1. The number of β-amino-alcohol motifs (C(OH)–C–C–N with tert-alkyl or cyclic N) is 1. The summed E-state index contributed by atoms with van der Waals surface area (Å²) in [4.78, 5) is 13.3. The molecular weight excluding hydrogens is 212 g/mol. The molecule has 1 fully saturated rings. The van der Waals surface area contributed by atoms with E-state index in [4.69, 9.17) is 10.5 Å². The van der Waals surface area contributed by atoms with E-state index >= 15 is 0 Å². The lowest BCUT2D eigenvalue weighted by Gasteiger charge is -2.35. The fraction of sp³-hybridized carbons (Fsp3) is 0.900. The highest BCUT2D eigenvalue weighted by Gasteiger charge is 2.35. The summed E-state index contributed by atoms with van der Waals surface area (Å²) in [5, 5.41) is 9.91. The van der Waals surface area contributed by atoms with Gasteiger partial charge < -0.3 is 20.3 Å². The molecule has 94 valence electrons. The second kappa shape index (κ2) is 5.58. The fourth-order valence-electron chi connectivity index (χ4n) is 1.79. The average molecular weight is 232 g/mol. The van der Waals surface area contributed by atoms with Crippen molar-refractivity contribution in [1.82, 2.24) is 4.90 Å². The number of carbonyl (C=O) groups is 1. The van der Waals surface area contributed by atoms with E-state index in [-0.39, 0.29) is 12.6 Å². The number of morpholine rings is 1. The topological polar surface area (TPSA) is 85.0 Å². The number of aliphatic hydroxyl groups is 1. The number of ether oxygens (including phenoxy) is 2. The molecule has 0 aromatic rings. The minimum atomic E-state index is -1.48. The Bertz CT molecular complexity index is 245. The maximum absolute atomic E-state index is 11.3. The summed E-state index contributed by atoms with van der Waals surface area (Å²) in [6, 6.07) is 0. The van der Waals surface area contributed by atoms with Crippen LogP contribution in [-0.4, -0.2) is 67.6 Å². The summed E-state index contributed by atoms with van der Waals surface area (Å²) in [7, 11) is 1.26. The van der Waals surface area contributed by atoms with Crippen molar-refractivity contribution in [2.45, 2.75) is 18.6 Å². The van der Waals surface area contributed by atoms with E-state index in [2.05, 4.69) is 4.74 Å². The third kappa shape index (κ3) is 3.41. The number of hydrogen-bond donors (Lipinski definition) is 2. The molecule has 0 spiro atoms. The van der Waals surface area contributed by atoms with E-state index in [1.807, 2.05) is 4.90 Å². The molecule has 1 aliphatic heterocycles. The number of methoxy groups -OCH3 is 1. The highest BCUT2D eigenvalue weighted by atomic mass is 16.5. The predicted molar refractivity (Wildman–Crippen MR) is 57.9 cm³/mol. The molecule has 1 saturated heterocycles. The Morgan fingerprint density at radius 3 is 3.00 bits per heavy atom. The molecule has 1 heterocycles. The monoisotopic (exact) mass is 232 g/mol. The molecule has 16 heavy (non-hydrogen) atoms. The first-order chi connectivity index (χ1) is 7.49. The van der Waals surface area contributed by atoms with Crippen LogP contribution >= 0.6 is 0 Å². The van der Waals surface area contributed by atoms with Gasteiger partial charge in [-0.1, -0.05) is 0 Å². The molecule has 2 atom stereocenters. The van der Waals surface area contributed by atoms with Crippen LogP contribution in [0.4, 0.5) is 0 Å². The third-order valence-corrected chi connectivity index (χ3v) is 2.64. The van der Waals surface area contributed by atoms with Gasteiger partial charge >= 0.3 is 5.97 Å². The molecule has 0 aromatic carbocycles. The lowest BCUT2D eigenvalue weighted by Crippen LogP contribution is -2.53. The highest BCUT2D eigenvalue weighted by Crippen LogP contribution is 2.12. The van der Waals surface area contributed by atoms with Crippen molar-refractivity contribution in [3.63, 3.8) is 0 Å². The Labute approximate surface area is 95.3 Å². The zero-order valence-electron chi connectivity index (χ0n) is 9.81. The summed E-state index contributed by atoms with van der Waals surface area (Å²) in [5.74, 6) is -0.622. The van der Waals surface area contributed by atoms with Crippen LogP contribution in [0.1, 0.15) is 6.92 Å². The molecule has 1 aliphatic rings. The van der Waals surface area contributed by atoms with E-state index in [0.29, 0.717) is 26.2 Å². The summed E-state index contributed by atoms with van der Waals surface area (Å²) >= 11 is 0. The lowest BCUT2D eigenvalue weighted by molar-refractivity contribution is -0.164. The van der Waals surface area contributed by atoms with Crippen LogP contribution in [0.15, 0.2) is 0 Å². The summed E-state index contributed by atoms with van der Waals surface area (Å²) < 4.78 is 9.93. The van der Waals surface area contributed by atoms with Gasteiger partial charge in [0, 0.05) is 26.2 Å². The Balaban J connectivity index is 2.49. The molecule has 0 aliphatic carbocycles. The normalized spacial score (nSPS) is 26.1. The van der Waals surface area contributed by atoms with Gasteiger partial charge in [-0.2, -0.15) is 0 Å². The second-order valence-corrected chi connectivity index (χ2v) is 4.23. The number of nitrogens with zero attached hydrogens (tertiary/aromatic N) is 1. The van der Waals surface area contributed by atoms with Gasteiger partial charge in [-0.3, -0.25) is 4.90 Å². The Hall–Kier alpha value is -0.690. The van der Waals surface area contributed by atoms with Crippen molar-refractivity contribution in [1.29, 1.82) is 0 Å². The van der Waals surface area contributed by atoms with E-state index in [1.165, 1.54) is 14.0 Å². The van der Waals surface area contributed by atoms with Crippen molar-refractivity contribution < 1.29 is 19.4 Å². The Morgan fingerprint density at radius 2 is 2.44 bits per heavy atom. The van der Waals surface area contributed by atoms with E-state index in [0.717, 1.165) is 0 Å². The van der Waals surface area contributed by atoms with Gasteiger partial charge in [0.2, 0.25) is 0 Å². The highest BCUT2D eigenvalue weighted by molar-refractivity contribution is 5.78. The quantitative estimate of drug-likeness (QED) is 0.578. The summed E-state index contributed by atoms with van der Waals surface area (Å²) in [5.41, 5.74) is 4.03. The molecule has 0 aromatic heterocycles. The SMILES string of the molecule is COC(=O)C(C)(O)CN1CCOC(CN)C1. The summed E-state index contributed by atoms with van der Waals surface area (Å²) in [6.45, 7) is 4.01. The first-order valence-electron chi connectivity index (χ1n) is 5.34. The molecule has 6 heteroatoms. The minimum absolute atomic E-state index is 0.0257. The van der Waals surface area contributed by atoms with E-state index < -0.39 is 11.6 Å². The van der Waals surface area contributed by atoms with Crippen molar-refractivity contribution in [2.75, 3.05) is 39.9 Å². The average Bonchev–Trinajstić information content (AvgIpc) is 2.27. The smallest absolute Gasteiger partial charge is 0.338 e. The number of rotatable bonds is 4. The van der Waals surface area contributed by atoms with Crippen LogP contribution in [0.5, 0.6) is 0 Å². The lowest BCUT2D eigenvalue weighted by atomic mass is 10.1. The van der Waals surface area contributed by atoms with Gasteiger partial charge in [0.25, 0.3) is 0 Å². The molecule has 1 rings (SSSR count). The van der Waals surface area contributed by atoms with Gasteiger partial charge in [0.1, 0.15) is 0 Å². The second-order valence-electron chi connectivity index (χ2n) is 4.23. The molecular formula is C10H20N2O4. The largest absolute Gasteiger partial charge is 0.467 e. The predicted octanol–water partition coefficient (Wildman–Crippen LogP) is -1.43. The number of esters is 1. The minimum Gasteiger partial charge on any atom is -0.467 e. The molecule has 6 nitrogen and oxygen atoms in total. The Kier molecular flexibility index (Phi) is 4.67. The van der Waals surface area contributed by atoms with Gasteiger partial charge in [-0.25, -0.2) is 4.79 Å². The van der Waals surface area contributed by atoms with Gasteiger partial charge in [0.15, 0.2) is 5.60 Å². The van der Waals surface area contributed by atoms with Gasteiger partial charge in [-0.15, -0.1) is 0 Å². The van der Waals surface area contributed by atoms with Gasteiger partial charge in [0.05, 0.1) is 19.8 Å². The van der Waals surface area contributed by atoms with Crippen LogP contribution in [0.3, 0.4) is 0 Å².